The second kappa shape index (κ2) is 10.9. The molecule has 1 heterocycles. The molecule has 140 valence electrons. The van der Waals surface area contributed by atoms with Crippen LogP contribution in [0.2, 0.25) is 0 Å². The molecule has 0 radical (unpaired) electrons. The molecule has 3 N–H and O–H groups in total. The van der Waals surface area contributed by atoms with Gasteiger partial charge in [-0.3, -0.25) is 9.89 Å². The summed E-state index contributed by atoms with van der Waals surface area (Å²) in [5.74, 6) is 1.88. The lowest BCUT2D eigenvalue weighted by Crippen LogP contribution is -2.37. The van der Waals surface area contributed by atoms with Crippen molar-refractivity contribution in [2.75, 3.05) is 52.5 Å². The van der Waals surface area contributed by atoms with Crippen molar-refractivity contribution in [2.24, 2.45) is 10.7 Å². The quantitative estimate of drug-likeness (QED) is 0.405. The van der Waals surface area contributed by atoms with Crippen LogP contribution in [0.5, 0.6) is 5.75 Å². The lowest BCUT2D eigenvalue weighted by Gasteiger charge is -2.26. The van der Waals surface area contributed by atoms with Crippen molar-refractivity contribution in [1.82, 2.24) is 10.2 Å². The van der Waals surface area contributed by atoms with Crippen molar-refractivity contribution in [3.63, 3.8) is 0 Å². The molecule has 1 aliphatic rings. The van der Waals surface area contributed by atoms with Crippen LogP contribution < -0.4 is 15.8 Å². The van der Waals surface area contributed by atoms with Crippen LogP contribution in [0.25, 0.3) is 0 Å². The fourth-order valence-electron chi connectivity index (χ4n) is 2.80. The highest BCUT2D eigenvalue weighted by Gasteiger charge is 2.09. The van der Waals surface area contributed by atoms with Gasteiger partial charge in [-0.2, -0.15) is 0 Å². The van der Waals surface area contributed by atoms with Crippen molar-refractivity contribution in [3.05, 3.63) is 29.8 Å². The van der Waals surface area contributed by atoms with Gasteiger partial charge in [0.15, 0.2) is 5.96 Å². The molecule has 0 aromatic heterocycles. The molecule has 1 aromatic carbocycles. The third-order valence-electron chi connectivity index (χ3n) is 4.23. The van der Waals surface area contributed by atoms with Crippen LogP contribution in [0.15, 0.2) is 29.3 Å². The maximum atomic E-state index is 5.90. The van der Waals surface area contributed by atoms with E-state index in [2.05, 4.69) is 35.1 Å². The van der Waals surface area contributed by atoms with Crippen molar-refractivity contribution in [3.8, 4) is 5.75 Å². The second-order valence-electron chi connectivity index (χ2n) is 6.54. The average Bonchev–Trinajstić information content (AvgIpc) is 2.63. The molecule has 0 aliphatic carbocycles. The number of hydrogen-bond acceptors (Lipinski definition) is 4. The molecule has 0 atom stereocenters. The van der Waals surface area contributed by atoms with Gasteiger partial charge in [0.25, 0.3) is 0 Å². The van der Waals surface area contributed by atoms with E-state index < -0.39 is 0 Å². The van der Waals surface area contributed by atoms with Gasteiger partial charge in [0.1, 0.15) is 12.4 Å². The Morgan fingerprint density at radius 2 is 2.08 bits per heavy atom. The Labute approximate surface area is 151 Å². The number of benzene rings is 1. The zero-order valence-corrected chi connectivity index (χ0v) is 15.5. The SMILES string of the molecule is CC(C)c1ccccc1OCCNC(N)=NCCCN1CCOCC1. The van der Waals surface area contributed by atoms with Gasteiger partial charge in [-0.25, -0.2) is 0 Å². The first-order valence-electron chi connectivity index (χ1n) is 9.22. The Balaban J connectivity index is 1.59. The van der Waals surface area contributed by atoms with E-state index in [1.54, 1.807) is 0 Å². The van der Waals surface area contributed by atoms with Gasteiger partial charge < -0.3 is 20.5 Å². The molecule has 1 fully saturated rings. The van der Waals surface area contributed by atoms with E-state index in [4.69, 9.17) is 15.2 Å². The molecule has 0 bridgehead atoms. The average molecular weight is 348 g/mol. The summed E-state index contributed by atoms with van der Waals surface area (Å²) in [4.78, 5) is 6.77. The van der Waals surface area contributed by atoms with E-state index in [9.17, 15) is 0 Å². The third kappa shape index (κ3) is 7.32. The first-order valence-corrected chi connectivity index (χ1v) is 9.22. The molecule has 6 heteroatoms. The molecule has 1 saturated heterocycles. The first kappa shape index (κ1) is 19.5. The molecule has 2 rings (SSSR count). The van der Waals surface area contributed by atoms with Gasteiger partial charge >= 0.3 is 0 Å². The number of hydrogen-bond donors (Lipinski definition) is 2. The molecule has 0 unspecified atom stereocenters. The van der Waals surface area contributed by atoms with Gasteiger partial charge in [-0.05, 0) is 24.0 Å². The molecule has 0 saturated carbocycles. The van der Waals surface area contributed by atoms with Gasteiger partial charge in [-0.15, -0.1) is 0 Å². The molecule has 0 spiro atoms. The van der Waals surface area contributed by atoms with Crippen LogP contribution in [-0.2, 0) is 4.74 Å². The Morgan fingerprint density at radius 3 is 2.84 bits per heavy atom. The molecule has 0 amide bonds. The lowest BCUT2D eigenvalue weighted by atomic mass is 10.0. The van der Waals surface area contributed by atoms with E-state index in [1.165, 1.54) is 5.56 Å². The normalized spacial score (nSPS) is 16.2. The number of nitrogens with zero attached hydrogens (tertiary/aromatic N) is 2. The Bertz CT molecular complexity index is 528. The van der Waals surface area contributed by atoms with Gasteiger partial charge in [0, 0.05) is 26.2 Å². The van der Waals surface area contributed by atoms with Crippen molar-refractivity contribution in [1.29, 1.82) is 0 Å². The predicted molar refractivity (Wildman–Crippen MR) is 102 cm³/mol. The number of aliphatic imine (C=N–C) groups is 1. The summed E-state index contributed by atoms with van der Waals surface area (Å²) in [6.07, 6.45) is 1.01. The van der Waals surface area contributed by atoms with Crippen molar-refractivity contribution < 1.29 is 9.47 Å². The minimum absolute atomic E-state index is 0.447. The van der Waals surface area contributed by atoms with Gasteiger partial charge in [0.05, 0.1) is 19.8 Å². The van der Waals surface area contributed by atoms with Crippen LogP contribution in [-0.4, -0.2) is 63.4 Å². The summed E-state index contributed by atoms with van der Waals surface area (Å²) in [6.45, 7) is 11.1. The number of guanidine groups is 1. The summed E-state index contributed by atoms with van der Waals surface area (Å²) >= 11 is 0. The zero-order chi connectivity index (χ0) is 17.9. The highest BCUT2D eigenvalue weighted by atomic mass is 16.5. The molecule has 1 aliphatic heterocycles. The van der Waals surface area contributed by atoms with E-state index >= 15 is 0 Å². The predicted octanol–water partition coefficient (Wildman–Crippen LogP) is 1.82. The molecule has 25 heavy (non-hydrogen) atoms. The molecular weight excluding hydrogens is 316 g/mol. The van der Waals surface area contributed by atoms with Gasteiger partial charge in [0.2, 0.25) is 0 Å². The monoisotopic (exact) mass is 348 g/mol. The van der Waals surface area contributed by atoms with E-state index in [0.29, 0.717) is 25.0 Å². The highest BCUT2D eigenvalue weighted by molar-refractivity contribution is 5.77. The van der Waals surface area contributed by atoms with E-state index in [1.807, 2.05) is 18.2 Å². The van der Waals surface area contributed by atoms with Crippen molar-refractivity contribution in [2.45, 2.75) is 26.2 Å². The Kier molecular flexibility index (Phi) is 8.55. The maximum absolute atomic E-state index is 5.90. The standard InChI is InChI=1S/C19H32N4O2/c1-16(2)17-6-3-4-7-18(17)25-13-9-22-19(20)21-8-5-10-23-11-14-24-15-12-23/h3-4,6-7,16H,5,8-15H2,1-2H3,(H3,20,21,22). The smallest absolute Gasteiger partial charge is 0.188 e. The largest absolute Gasteiger partial charge is 0.491 e. The number of nitrogens with one attached hydrogen (secondary N) is 1. The minimum atomic E-state index is 0.447. The lowest BCUT2D eigenvalue weighted by molar-refractivity contribution is 0.0377. The highest BCUT2D eigenvalue weighted by Crippen LogP contribution is 2.25. The minimum Gasteiger partial charge on any atom is -0.491 e. The first-order chi connectivity index (χ1) is 12.2. The number of ether oxygens (including phenoxy) is 2. The van der Waals surface area contributed by atoms with Crippen molar-refractivity contribution >= 4 is 5.96 Å². The summed E-state index contributed by atoms with van der Waals surface area (Å²) in [5, 5.41) is 3.11. The Hall–Kier alpha value is -1.79. The van der Waals surface area contributed by atoms with E-state index in [0.717, 1.165) is 51.6 Å². The third-order valence-corrected chi connectivity index (χ3v) is 4.23. The molecular formula is C19H32N4O2. The number of rotatable bonds is 9. The van der Waals surface area contributed by atoms with Crippen LogP contribution in [0.3, 0.4) is 0 Å². The van der Waals surface area contributed by atoms with E-state index in [-0.39, 0.29) is 0 Å². The van der Waals surface area contributed by atoms with Gasteiger partial charge in [-0.1, -0.05) is 32.0 Å². The van der Waals surface area contributed by atoms with Crippen LogP contribution in [0.4, 0.5) is 0 Å². The number of morpholine rings is 1. The fourth-order valence-corrected chi connectivity index (χ4v) is 2.80. The second-order valence-corrected chi connectivity index (χ2v) is 6.54. The Morgan fingerprint density at radius 1 is 1.32 bits per heavy atom. The summed E-state index contributed by atoms with van der Waals surface area (Å²) < 4.78 is 11.2. The van der Waals surface area contributed by atoms with Crippen LogP contribution >= 0.6 is 0 Å². The van der Waals surface area contributed by atoms with Crippen LogP contribution in [0.1, 0.15) is 31.7 Å². The molecule has 1 aromatic rings. The number of nitrogens with two attached hydrogens (primary N) is 1. The maximum Gasteiger partial charge on any atom is 0.188 e. The fraction of sp³-hybridized carbons (Fsp3) is 0.632. The molecule has 6 nitrogen and oxygen atoms in total. The topological polar surface area (TPSA) is 72.1 Å². The number of para-hydroxylation sites is 1. The summed E-state index contributed by atoms with van der Waals surface area (Å²) in [5.41, 5.74) is 7.13. The summed E-state index contributed by atoms with van der Waals surface area (Å²) in [6, 6.07) is 8.16. The summed E-state index contributed by atoms with van der Waals surface area (Å²) in [7, 11) is 0. The van der Waals surface area contributed by atoms with Crippen LogP contribution in [0, 0.1) is 0 Å². The zero-order valence-electron chi connectivity index (χ0n) is 15.5.